The van der Waals surface area contributed by atoms with Gasteiger partial charge in [0.2, 0.25) is 0 Å². The Morgan fingerprint density at radius 2 is 1.93 bits per heavy atom. The summed E-state index contributed by atoms with van der Waals surface area (Å²) in [5.74, 6) is 0.452. The van der Waals surface area contributed by atoms with Gasteiger partial charge in [-0.1, -0.05) is 12.0 Å². The molecule has 1 rings (SSSR count). The van der Waals surface area contributed by atoms with Crippen molar-refractivity contribution < 1.29 is 22.7 Å². The van der Waals surface area contributed by atoms with Crippen molar-refractivity contribution in [2.45, 2.75) is 12.3 Å². The number of terminal acetylenes is 1. The van der Waals surface area contributed by atoms with E-state index in [2.05, 4.69) is 0 Å². The number of hydrogen-bond acceptors (Lipinski definition) is 1. The molecule has 0 aliphatic heterocycles. The first kappa shape index (κ1) is 11.5. The molecule has 1 aromatic rings. The number of alkyl halides is 3. The third-order valence-electron chi connectivity index (χ3n) is 1.77. The van der Waals surface area contributed by atoms with Crippen LogP contribution in [0.1, 0.15) is 17.2 Å². The van der Waals surface area contributed by atoms with Gasteiger partial charge in [0.1, 0.15) is 11.9 Å². The molecule has 1 unspecified atom stereocenters. The van der Waals surface area contributed by atoms with Crippen molar-refractivity contribution in [2.24, 2.45) is 0 Å². The van der Waals surface area contributed by atoms with Crippen LogP contribution in [0.3, 0.4) is 0 Å². The SMILES string of the molecule is C#CC(O)c1ccc(F)c(C(F)(F)F)c1. The van der Waals surface area contributed by atoms with E-state index in [4.69, 9.17) is 11.5 Å². The molecule has 0 saturated carbocycles. The molecule has 0 spiro atoms. The summed E-state index contributed by atoms with van der Waals surface area (Å²) < 4.78 is 49.4. The molecule has 0 amide bonds. The van der Waals surface area contributed by atoms with Gasteiger partial charge in [-0.2, -0.15) is 13.2 Å². The van der Waals surface area contributed by atoms with Crippen LogP contribution in [0.25, 0.3) is 0 Å². The van der Waals surface area contributed by atoms with E-state index < -0.39 is 23.7 Å². The maximum atomic E-state index is 12.8. The summed E-state index contributed by atoms with van der Waals surface area (Å²) >= 11 is 0. The molecule has 0 radical (unpaired) electrons. The average molecular weight is 218 g/mol. The molecule has 0 aromatic heterocycles. The molecule has 1 aromatic carbocycles. The Balaban J connectivity index is 3.24. The Morgan fingerprint density at radius 3 is 2.40 bits per heavy atom. The number of halogens is 4. The van der Waals surface area contributed by atoms with Gasteiger partial charge >= 0.3 is 6.18 Å². The summed E-state index contributed by atoms with van der Waals surface area (Å²) in [5.41, 5.74) is -1.60. The van der Waals surface area contributed by atoms with Crippen LogP contribution in [0.4, 0.5) is 17.6 Å². The van der Waals surface area contributed by atoms with E-state index in [0.717, 1.165) is 6.07 Å². The van der Waals surface area contributed by atoms with Gasteiger partial charge in [-0.15, -0.1) is 6.42 Å². The fourth-order valence-electron chi connectivity index (χ4n) is 1.03. The number of aliphatic hydroxyl groups excluding tert-OH is 1. The van der Waals surface area contributed by atoms with E-state index in [1.807, 2.05) is 5.92 Å². The van der Waals surface area contributed by atoms with Crippen molar-refractivity contribution in [3.8, 4) is 12.3 Å². The topological polar surface area (TPSA) is 20.2 Å². The molecule has 1 N–H and O–H groups in total. The Hall–Kier alpha value is -1.54. The largest absolute Gasteiger partial charge is 0.419 e. The third-order valence-corrected chi connectivity index (χ3v) is 1.77. The summed E-state index contributed by atoms with van der Waals surface area (Å²) in [4.78, 5) is 0. The van der Waals surface area contributed by atoms with E-state index in [-0.39, 0.29) is 5.56 Å². The average Bonchev–Trinajstić information content (AvgIpc) is 2.15. The van der Waals surface area contributed by atoms with Crippen molar-refractivity contribution in [3.05, 3.63) is 35.1 Å². The van der Waals surface area contributed by atoms with Crippen molar-refractivity contribution >= 4 is 0 Å². The Morgan fingerprint density at radius 1 is 1.33 bits per heavy atom. The molecular weight excluding hydrogens is 212 g/mol. The smallest absolute Gasteiger partial charge is 0.376 e. The molecule has 0 heterocycles. The first-order chi connectivity index (χ1) is 6.86. The highest BCUT2D eigenvalue weighted by atomic mass is 19.4. The van der Waals surface area contributed by atoms with Gasteiger partial charge in [0, 0.05) is 0 Å². The standard InChI is InChI=1S/C10H6F4O/c1-2-9(15)6-3-4-8(11)7(5-6)10(12,13)14/h1,3-5,9,15H. The van der Waals surface area contributed by atoms with Gasteiger partial charge < -0.3 is 5.11 Å². The monoisotopic (exact) mass is 218 g/mol. The highest BCUT2D eigenvalue weighted by molar-refractivity contribution is 5.31. The highest BCUT2D eigenvalue weighted by Gasteiger charge is 2.34. The maximum absolute atomic E-state index is 12.8. The van der Waals surface area contributed by atoms with Gasteiger partial charge in [0.15, 0.2) is 0 Å². The summed E-state index contributed by atoms with van der Waals surface area (Å²) in [7, 11) is 0. The van der Waals surface area contributed by atoms with Crippen LogP contribution in [0, 0.1) is 18.2 Å². The van der Waals surface area contributed by atoms with Gasteiger partial charge in [-0.25, -0.2) is 4.39 Å². The van der Waals surface area contributed by atoms with E-state index in [9.17, 15) is 17.6 Å². The number of aliphatic hydroxyl groups is 1. The maximum Gasteiger partial charge on any atom is 0.419 e. The zero-order valence-corrected chi connectivity index (χ0v) is 7.35. The lowest BCUT2D eigenvalue weighted by molar-refractivity contribution is -0.140. The van der Waals surface area contributed by atoms with Crippen molar-refractivity contribution in [2.75, 3.05) is 0 Å². The van der Waals surface area contributed by atoms with Crippen LogP contribution in [0.2, 0.25) is 0 Å². The normalized spacial score (nSPS) is 13.3. The number of benzene rings is 1. The Bertz CT molecular complexity index is 403. The minimum Gasteiger partial charge on any atom is -0.376 e. The van der Waals surface area contributed by atoms with Gasteiger partial charge in [-0.3, -0.25) is 0 Å². The summed E-state index contributed by atoms with van der Waals surface area (Å²) in [6.07, 6.45) is -1.44. The predicted octanol–water partition coefficient (Wildman–Crippen LogP) is 2.51. The van der Waals surface area contributed by atoms with Crippen molar-refractivity contribution in [1.82, 2.24) is 0 Å². The predicted molar refractivity (Wildman–Crippen MR) is 45.2 cm³/mol. The molecule has 1 nitrogen and oxygen atoms in total. The van der Waals surface area contributed by atoms with E-state index in [0.29, 0.717) is 12.1 Å². The molecule has 0 bridgehead atoms. The van der Waals surface area contributed by atoms with Crippen LogP contribution in [0.15, 0.2) is 18.2 Å². The highest BCUT2D eigenvalue weighted by Crippen LogP contribution is 2.32. The van der Waals surface area contributed by atoms with Crippen LogP contribution in [-0.4, -0.2) is 5.11 Å². The van der Waals surface area contributed by atoms with E-state index in [1.54, 1.807) is 0 Å². The van der Waals surface area contributed by atoms with E-state index >= 15 is 0 Å². The quantitative estimate of drug-likeness (QED) is 0.567. The van der Waals surface area contributed by atoms with E-state index in [1.165, 1.54) is 0 Å². The van der Waals surface area contributed by atoms with Crippen LogP contribution >= 0.6 is 0 Å². The molecule has 80 valence electrons. The minimum atomic E-state index is -4.80. The number of rotatable bonds is 1. The lowest BCUT2D eigenvalue weighted by atomic mass is 10.1. The zero-order chi connectivity index (χ0) is 11.6. The molecule has 0 saturated heterocycles. The molecule has 0 fully saturated rings. The summed E-state index contributed by atoms with van der Waals surface area (Å²) in [5, 5.41) is 9.08. The molecule has 15 heavy (non-hydrogen) atoms. The minimum absolute atomic E-state index is 0.161. The van der Waals surface area contributed by atoms with Gasteiger partial charge in [0.05, 0.1) is 5.56 Å². The van der Waals surface area contributed by atoms with Gasteiger partial charge in [0.25, 0.3) is 0 Å². The molecule has 0 aliphatic rings. The summed E-state index contributed by atoms with van der Waals surface area (Å²) in [6.45, 7) is 0. The first-order valence-corrected chi connectivity index (χ1v) is 3.87. The lowest BCUT2D eigenvalue weighted by Crippen LogP contribution is -2.09. The second kappa shape index (κ2) is 3.91. The molecule has 1 atom stereocenters. The fraction of sp³-hybridized carbons (Fsp3) is 0.200. The first-order valence-electron chi connectivity index (χ1n) is 3.87. The number of hydrogen-bond donors (Lipinski definition) is 1. The lowest BCUT2D eigenvalue weighted by Gasteiger charge is -2.10. The third kappa shape index (κ3) is 2.48. The Kier molecular flexibility index (Phi) is 3.01. The fourth-order valence-corrected chi connectivity index (χ4v) is 1.03. The van der Waals surface area contributed by atoms with Crippen LogP contribution in [-0.2, 0) is 6.18 Å². The molecular formula is C10H6F4O. The van der Waals surface area contributed by atoms with Crippen molar-refractivity contribution in [3.63, 3.8) is 0 Å². The van der Waals surface area contributed by atoms with Crippen LogP contribution < -0.4 is 0 Å². The molecule has 5 heteroatoms. The van der Waals surface area contributed by atoms with Crippen LogP contribution in [0.5, 0.6) is 0 Å². The second-order valence-electron chi connectivity index (χ2n) is 2.81. The van der Waals surface area contributed by atoms with Gasteiger partial charge in [-0.05, 0) is 17.7 Å². The van der Waals surface area contributed by atoms with Crippen molar-refractivity contribution in [1.29, 1.82) is 0 Å². The Labute approximate surface area is 83.3 Å². The zero-order valence-electron chi connectivity index (χ0n) is 7.35. The second-order valence-corrected chi connectivity index (χ2v) is 2.81. The molecule has 0 aliphatic carbocycles. The summed E-state index contributed by atoms with van der Waals surface area (Å²) in [6, 6.07) is 2.13.